The molecular formula is C62H102O6. The van der Waals surface area contributed by atoms with Gasteiger partial charge in [0.25, 0.3) is 0 Å². The summed E-state index contributed by atoms with van der Waals surface area (Å²) in [4.78, 5) is 38.1. The van der Waals surface area contributed by atoms with Crippen LogP contribution >= 0.6 is 0 Å². The lowest BCUT2D eigenvalue weighted by Gasteiger charge is -2.18. The number of unbranched alkanes of at least 4 members (excludes halogenated alkanes) is 20. The van der Waals surface area contributed by atoms with Crippen molar-refractivity contribution in [3.63, 3.8) is 0 Å². The first-order chi connectivity index (χ1) is 33.5. The van der Waals surface area contributed by atoms with E-state index < -0.39 is 6.10 Å². The van der Waals surface area contributed by atoms with E-state index in [0.29, 0.717) is 19.3 Å². The van der Waals surface area contributed by atoms with E-state index in [9.17, 15) is 14.4 Å². The number of rotatable bonds is 49. The second kappa shape index (κ2) is 55.7. The van der Waals surface area contributed by atoms with E-state index in [1.165, 1.54) is 77.0 Å². The molecule has 6 nitrogen and oxygen atoms in total. The van der Waals surface area contributed by atoms with Gasteiger partial charge in [-0.1, -0.05) is 214 Å². The van der Waals surface area contributed by atoms with Crippen LogP contribution in [0, 0.1) is 0 Å². The first kappa shape index (κ1) is 64.1. The van der Waals surface area contributed by atoms with E-state index in [4.69, 9.17) is 14.2 Å². The maximum atomic E-state index is 12.8. The Labute approximate surface area is 419 Å². The third kappa shape index (κ3) is 53.0. The lowest BCUT2D eigenvalue weighted by atomic mass is 10.1. The van der Waals surface area contributed by atoms with Crippen LogP contribution in [0.2, 0.25) is 0 Å². The lowest BCUT2D eigenvalue weighted by Crippen LogP contribution is -2.30. The monoisotopic (exact) mass is 943 g/mol. The van der Waals surface area contributed by atoms with Crippen LogP contribution in [0.15, 0.2) is 109 Å². The first-order valence-corrected chi connectivity index (χ1v) is 27.9. The van der Waals surface area contributed by atoms with Gasteiger partial charge in [0.1, 0.15) is 13.2 Å². The predicted molar refractivity (Wildman–Crippen MR) is 293 cm³/mol. The van der Waals surface area contributed by atoms with Gasteiger partial charge in [-0.2, -0.15) is 0 Å². The van der Waals surface area contributed by atoms with Gasteiger partial charge in [-0.25, -0.2) is 0 Å². The molecule has 0 N–H and O–H groups in total. The van der Waals surface area contributed by atoms with Crippen LogP contribution in [0.3, 0.4) is 0 Å². The molecular weight excluding hydrogens is 841 g/mol. The van der Waals surface area contributed by atoms with Gasteiger partial charge in [-0.05, 0) is 122 Å². The number of esters is 3. The van der Waals surface area contributed by atoms with Crippen molar-refractivity contribution < 1.29 is 28.6 Å². The standard InChI is InChI=1S/C62H102O6/c1-4-7-10-13-16-19-22-25-28-30-31-33-34-37-40-43-46-49-52-55-61(64)67-58-59(57-66-60(63)54-51-48-45-42-39-36-27-24-21-18-15-12-9-6-3)68-62(65)56-53-50-47-44-41-38-35-32-29-26-23-20-17-14-11-8-5-2/h7,9-10,12,16,18-19,21,25-29,31,33,36-37,40,59H,4-6,8,11,13-15,17,20,22-24,30,32,34-35,38-39,41-58H2,1-3H3/b10-7-,12-9-,19-16-,21-18-,28-25-,29-26-,33-31-,36-27-,40-37-. The van der Waals surface area contributed by atoms with E-state index in [1.807, 2.05) is 0 Å². The highest BCUT2D eigenvalue weighted by atomic mass is 16.6. The number of ether oxygens (including phenoxy) is 3. The van der Waals surface area contributed by atoms with Gasteiger partial charge in [-0.3, -0.25) is 14.4 Å². The van der Waals surface area contributed by atoms with Crippen molar-refractivity contribution >= 4 is 17.9 Å². The minimum atomic E-state index is -0.806. The van der Waals surface area contributed by atoms with Crippen LogP contribution < -0.4 is 0 Å². The molecule has 0 spiro atoms. The summed E-state index contributed by atoms with van der Waals surface area (Å²) in [5.74, 6) is -0.962. The molecule has 0 saturated heterocycles. The number of carbonyl (C=O) groups is 3. The van der Waals surface area contributed by atoms with Crippen molar-refractivity contribution in [3.8, 4) is 0 Å². The Morgan fingerprint density at radius 2 is 0.574 bits per heavy atom. The smallest absolute Gasteiger partial charge is 0.306 e. The van der Waals surface area contributed by atoms with Crippen LogP contribution in [-0.4, -0.2) is 37.2 Å². The number of carbonyl (C=O) groups excluding carboxylic acids is 3. The quantitative estimate of drug-likeness (QED) is 0.0262. The number of allylic oxidation sites excluding steroid dienone is 18. The predicted octanol–water partition coefficient (Wildman–Crippen LogP) is 18.7. The molecule has 0 aliphatic rings. The third-order valence-corrected chi connectivity index (χ3v) is 11.5. The summed E-state index contributed by atoms with van der Waals surface area (Å²) < 4.78 is 16.8. The second-order valence-electron chi connectivity index (χ2n) is 18.1. The summed E-state index contributed by atoms with van der Waals surface area (Å²) in [6, 6.07) is 0. The van der Waals surface area contributed by atoms with Gasteiger partial charge in [0.2, 0.25) is 0 Å². The molecule has 0 aromatic heterocycles. The van der Waals surface area contributed by atoms with Gasteiger partial charge in [0.15, 0.2) is 6.10 Å². The van der Waals surface area contributed by atoms with Crippen LogP contribution in [0.1, 0.15) is 245 Å². The Kier molecular flexibility index (Phi) is 52.4. The van der Waals surface area contributed by atoms with E-state index in [2.05, 4.69) is 130 Å². The molecule has 0 radical (unpaired) electrons. The molecule has 0 aliphatic heterocycles. The molecule has 0 aromatic rings. The summed E-state index contributed by atoms with van der Waals surface area (Å²) in [6.45, 7) is 6.36. The summed E-state index contributed by atoms with van der Waals surface area (Å²) in [7, 11) is 0. The maximum Gasteiger partial charge on any atom is 0.306 e. The molecule has 0 rings (SSSR count). The molecule has 0 heterocycles. The zero-order valence-corrected chi connectivity index (χ0v) is 44.1. The maximum absolute atomic E-state index is 12.8. The van der Waals surface area contributed by atoms with Crippen molar-refractivity contribution in [1.29, 1.82) is 0 Å². The molecule has 1 unspecified atom stereocenters. The molecule has 0 bridgehead atoms. The van der Waals surface area contributed by atoms with Crippen molar-refractivity contribution in [2.75, 3.05) is 13.2 Å². The fourth-order valence-corrected chi connectivity index (χ4v) is 7.36. The number of hydrogen-bond donors (Lipinski definition) is 0. The average Bonchev–Trinajstić information content (AvgIpc) is 3.34. The summed E-state index contributed by atoms with van der Waals surface area (Å²) >= 11 is 0. The minimum Gasteiger partial charge on any atom is -0.462 e. The van der Waals surface area contributed by atoms with E-state index in [0.717, 1.165) is 128 Å². The fraction of sp³-hybridized carbons (Fsp3) is 0.661. The van der Waals surface area contributed by atoms with Crippen LogP contribution in [0.25, 0.3) is 0 Å². The van der Waals surface area contributed by atoms with Crippen LogP contribution in [-0.2, 0) is 28.6 Å². The Morgan fingerprint density at radius 1 is 0.309 bits per heavy atom. The van der Waals surface area contributed by atoms with Gasteiger partial charge in [0.05, 0.1) is 0 Å². The second-order valence-corrected chi connectivity index (χ2v) is 18.1. The minimum absolute atomic E-state index is 0.104. The van der Waals surface area contributed by atoms with E-state index in [1.54, 1.807) is 0 Å². The normalized spacial score (nSPS) is 12.9. The van der Waals surface area contributed by atoms with E-state index in [-0.39, 0.29) is 31.1 Å². The Hall–Kier alpha value is -3.93. The third-order valence-electron chi connectivity index (χ3n) is 11.5. The van der Waals surface area contributed by atoms with Gasteiger partial charge >= 0.3 is 17.9 Å². The fourth-order valence-electron chi connectivity index (χ4n) is 7.36. The Balaban J connectivity index is 4.49. The highest BCUT2D eigenvalue weighted by Crippen LogP contribution is 2.14. The Morgan fingerprint density at radius 3 is 0.926 bits per heavy atom. The van der Waals surface area contributed by atoms with Crippen LogP contribution in [0.5, 0.6) is 0 Å². The molecule has 1 atom stereocenters. The van der Waals surface area contributed by atoms with Crippen molar-refractivity contribution in [2.45, 2.75) is 252 Å². The molecule has 0 aromatic carbocycles. The molecule has 0 aliphatic carbocycles. The zero-order chi connectivity index (χ0) is 49.3. The SMILES string of the molecule is CC/C=C\C/C=C\C/C=C\C/C=C\C/C=C\CCCCCC(=O)OCC(COC(=O)CCCCCC/C=C\C/C=C\C/C=C\CC)OC(=O)CCCCCCCCC/C=C\CCCCCCCC. The topological polar surface area (TPSA) is 78.9 Å². The lowest BCUT2D eigenvalue weighted by molar-refractivity contribution is -0.167. The molecule has 6 heteroatoms. The van der Waals surface area contributed by atoms with E-state index >= 15 is 0 Å². The molecule has 68 heavy (non-hydrogen) atoms. The average molecular weight is 943 g/mol. The molecule has 0 fully saturated rings. The zero-order valence-electron chi connectivity index (χ0n) is 44.1. The summed E-state index contributed by atoms with van der Waals surface area (Å²) in [5, 5.41) is 0. The van der Waals surface area contributed by atoms with Crippen molar-refractivity contribution in [2.24, 2.45) is 0 Å². The van der Waals surface area contributed by atoms with Gasteiger partial charge in [-0.15, -0.1) is 0 Å². The van der Waals surface area contributed by atoms with Crippen molar-refractivity contribution in [3.05, 3.63) is 109 Å². The Bertz CT molecular complexity index is 1410. The largest absolute Gasteiger partial charge is 0.462 e. The summed E-state index contributed by atoms with van der Waals surface area (Å²) in [5.41, 5.74) is 0. The van der Waals surface area contributed by atoms with Gasteiger partial charge in [0, 0.05) is 19.3 Å². The highest BCUT2D eigenvalue weighted by Gasteiger charge is 2.19. The first-order valence-electron chi connectivity index (χ1n) is 27.9. The number of hydrogen-bond acceptors (Lipinski definition) is 6. The van der Waals surface area contributed by atoms with Gasteiger partial charge < -0.3 is 14.2 Å². The molecule has 0 saturated carbocycles. The molecule has 386 valence electrons. The highest BCUT2D eigenvalue weighted by molar-refractivity contribution is 5.71. The van der Waals surface area contributed by atoms with Crippen molar-refractivity contribution in [1.82, 2.24) is 0 Å². The molecule has 0 amide bonds. The summed E-state index contributed by atoms with van der Waals surface area (Å²) in [6.07, 6.45) is 75.0. The van der Waals surface area contributed by atoms with Crippen LogP contribution in [0.4, 0.5) is 0 Å².